The SMILES string of the molecule is CC[C@]1(O)C[C@H]2CN(CCC3=C(Cc4ccc(SCCCO)cc43)[C@@](C(=O)OC)(C3C=C4C(=CC3OC)N(C)[C@H]3[C@@](O)(C(=O)OC)[C@H](OC(C)=O)[C@]5(CC)C=CCN6CC[C@]43[C@@H]65)C2)C1. The van der Waals surface area contributed by atoms with Gasteiger partial charge in [-0.25, -0.2) is 4.79 Å². The minimum atomic E-state index is -2.29. The van der Waals surface area contributed by atoms with Crippen LogP contribution in [0.2, 0.25) is 0 Å². The van der Waals surface area contributed by atoms with Crippen molar-refractivity contribution >= 4 is 35.2 Å². The van der Waals surface area contributed by atoms with E-state index >= 15 is 4.79 Å². The van der Waals surface area contributed by atoms with E-state index in [1.54, 1.807) is 18.9 Å². The van der Waals surface area contributed by atoms with Gasteiger partial charge in [-0.15, -0.1) is 11.8 Å². The summed E-state index contributed by atoms with van der Waals surface area (Å²) in [6, 6.07) is 5.41. The number of ether oxygens (including phenoxy) is 4. The van der Waals surface area contributed by atoms with Crippen molar-refractivity contribution in [1.29, 1.82) is 0 Å². The van der Waals surface area contributed by atoms with Gasteiger partial charge in [0.25, 0.3) is 0 Å². The van der Waals surface area contributed by atoms with Crippen LogP contribution in [0.4, 0.5) is 0 Å². The summed E-state index contributed by atoms with van der Waals surface area (Å²) in [6.45, 7) is 8.87. The van der Waals surface area contributed by atoms with Gasteiger partial charge in [0.05, 0.1) is 37.4 Å². The van der Waals surface area contributed by atoms with E-state index in [4.69, 9.17) is 18.9 Å². The number of hydrogen-bond donors (Lipinski definition) is 3. The maximum Gasteiger partial charge on any atom is 0.344 e. The monoisotopic (exact) mass is 901 g/mol. The molecule has 2 bridgehead atoms. The quantitative estimate of drug-likeness (QED) is 0.0936. The number of hydrogen-bond acceptors (Lipinski definition) is 14. The average Bonchev–Trinajstić information content (AvgIpc) is 3.95. The van der Waals surface area contributed by atoms with Crippen molar-refractivity contribution in [1.82, 2.24) is 14.7 Å². The number of aliphatic hydroxyl groups is 3. The summed E-state index contributed by atoms with van der Waals surface area (Å²) < 4.78 is 24.4. The average molecular weight is 902 g/mol. The van der Waals surface area contributed by atoms with Crippen LogP contribution in [0.3, 0.4) is 0 Å². The number of thioether (sulfide) groups is 1. The fourth-order valence-electron chi connectivity index (χ4n) is 14.7. The molecule has 3 aliphatic carbocycles. The molecule has 5 heterocycles. The minimum Gasteiger partial charge on any atom is -0.468 e. The van der Waals surface area contributed by atoms with Crippen molar-refractivity contribution < 1.29 is 48.7 Å². The molecule has 14 heteroatoms. The van der Waals surface area contributed by atoms with Gasteiger partial charge in [-0.2, -0.15) is 0 Å². The lowest BCUT2D eigenvalue weighted by molar-refractivity contribution is -0.243. The van der Waals surface area contributed by atoms with Crippen molar-refractivity contribution in [3.8, 4) is 0 Å². The largest absolute Gasteiger partial charge is 0.468 e. The zero-order valence-corrected chi connectivity index (χ0v) is 39.4. The van der Waals surface area contributed by atoms with Crippen molar-refractivity contribution in [3.05, 3.63) is 70.5 Å². The summed E-state index contributed by atoms with van der Waals surface area (Å²) in [6.07, 6.45) is 11.1. The van der Waals surface area contributed by atoms with E-state index in [2.05, 4.69) is 52.3 Å². The number of fused-ring (bicyclic) bond motifs is 5. The number of esters is 3. The second kappa shape index (κ2) is 16.7. The van der Waals surface area contributed by atoms with Crippen LogP contribution in [-0.2, 0) is 39.8 Å². The summed E-state index contributed by atoms with van der Waals surface area (Å²) in [5, 5.41) is 35.1. The Kier molecular flexibility index (Phi) is 11.9. The lowest BCUT2D eigenvalue weighted by atomic mass is 9.47. The number of carbonyl (C=O) groups excluding carboxylic acids is 3. The number of benzene rings is 1. The summed E-state index contributed by atoms with van der Waals surface area (Å²) in [7, 11) is 6.32. The first-order valence-corrected chi connectivity index (χ1v) is 24.4. The van der Waals surface area contributed by atoms with Gasteiger partial charge in [0, 0.05) is 93.0 Å². The van der Waals surface area contributed by atoms with E-state index in [1.807, 2.05) is 25.8 Å². The predicted molar refractivity (Wildman–Crippen MR) is 242 cm³/mol. The van der Waals surface area contributed by atoms with Crippen LogP contribution in [-0.4, -0.2) is 157 Å². The molecular weight excluding hydrogens is 835 g/mol. The molecule has 1 saturated carbocycles. The molecule has 1 spiro atoms. The molecule has 5 aliphatic heterocycles. The second-order valence-corrected chi connectivity index (χ2v) is 21.1. The summed E-state index contributed by atoms with van der Waals surface area (Å²) in [5.74, 6) is -1.66. The van der Waals surface area contributed by atoms with E-state index in [-0.39, 0.29) is 24.5 Å². The standard InChI is InChI=1S/C50H67N3O10S/c1-8-46(58)26-31-27-49(44(56)61-6,36-22-32-12-13-33(64-21-11-20-54)23-35(32)34(36)14-18-52(28-31)29-46)38-24-37-39(25-40(38)60-5)51(4)42-48(37)16-19-53-17-10-15-47(9-2,41(48)53)43(63-30(3)55)50(42,59)45(57)62-7/h10,12-13,15,23-25,31,38,40-43,54,58-59H,8-9,11,14,16-22,26-29H2,1-7H3/t31-,38?,40?,41+,42-,43-,46+,47-,48-,49-,50+/m1/s1. The molecule has 12 atom stereocenters. The molecule has 3 saturated heterocycles. The first-order valence-electron chi connectivity index (χ1n) is 23.4. The molecule has 8 aliphatic rings. The Hall–Kier alpha value is -3.50. The molecular formula is C50H67N3O10S. The zero-order valence-electron chi connectivity index (χ0n) is 38.6. The number of likely N-dealkylation sites (N-methyl/N-ethyl adjacent to an activating group) is 1. The van der Waals surface area contributed by atoms with Crippen LogP contribution >= 0.6 is 11.8 Å². The van der Waals surface area contributed by atoms with Gasteiger partial charge >= 0.3 is 17.9 Å². The number of nitrogens with zero attached hydrogens (tertiary/aromatic N) is 3. The summed E-state index contributed by atoms with van der Waals surface area (Å²) in [4.78, 5) is 51.1. The van der Waals surface area contributed by atoms with E-state index in [0.717, 1.165) is 57.3 Å². The highest BCUT2D eigenvalue weighted by Gasteiger charge is 2.81. The van der Waals surface area contributed by atoms with Crippen LogP contribution < -0.4 is 0 Å². The maximum atomic E-state index is 15.6. The molecule has 1 aromatic rings. The van der Waals surface area contributed by atoms with Crippen LogP contribution in [0.15, 0.2) is 64.2 Å². The van der Waals surface area contributed by atoms with Gasteiger partial charge in [-0.05, 0) is 110 Å². The minimum absolute atomic E-state index is 0.0572. The normalized spacial score (nSPS) is 39.5. The number of likely N-dealkylation sites (tertiary alicyclic amines) is 1. The second-order valence-electron chi connectivity index (χ2n) is 19.9. The Morgan fingerprint density at radius 2 is 1.77 bits per heavy atom. The third kappa shape index (κ3) is 6.43. The van der Waals surface area contributed by atoms with Gasteiger partial charge in [-0.3, -0.25) is 19.4 Å². The van der Waals surface area contributed by atoms with Gasteiger partial charge in [0.1, 0.15) is 0 Å². The molecule has 9 rings (SSSR count). The first-order chi connectivity index (χ1) is 30.7. The smallest absolute Gasteiger partial charge is 0.344 e. The number of rotatable bonds is 11. The number of methoxy groups -OCH3 is 3. The zero-order chi connectivity index (χ0) is 45.6. The molecule has 3 N–H and O–H groups in total. The topological polar surface area (TPSA) is 159 Å². The van der Waals surface area contributed by atoms with Crippen LogP contribution in [0.1, 0.15) is 76.8 Å². The lowest BCUT2D eigenvalue weighted by Crippen LogP contribution is -2.79. The molecule has 1 aromatic carbocycles. The molecule has 3 unspecified atom stereocenters. The highest BCUT2D eigenvalue weighted by Crippen LogP contribution is 2.71. The van der Waals surface area contributed by atoms with Crippen molar-refractivity contribution in [2.45, 2.75) is 113 Å². The van der Waals surface area contributed by atoms with Gasteiger partial charge < -0.3 is 39.2 Å². The third-order valence-electron chi connectivity index (χ3n) is 17.0. The molecule has 0 aromatic heterocycles. The Morgan fingerprint density at radius 3 is 2.45 bits per heavy atom. The van der Waals surface area contributed by atoms with Crippen LogP contribution in [0.5, 0.6) is 0 Å². The third-order valence-corrected chi connectivity index (χ3v) is 18.1. The maximum absolute atomic E-state index is 15.6. The van der Waals surface area contributed by atoms with Crippen molar-refractivity contribution in [3.63, 3.8) is 0 Å². The highest BCUT2D eigenvalue weighted by atomic mass is 32.2. The van der Waals surface area contributed by atoms with E-state index in [1.165, 1.54) is 21.1 Å². The van der Waals surface area contributed by atoms with Gasteiger partial charge in [-0.1, -0.05) is 38.1 Å². The Bertz CT molecular complexity index is 2210. The Morgan fingerprint density at radius 1 is 0.984 bits per heavy atom. The lowest BCUT2D eigenvalue weighted by Gasteiger charge is -2.63. The fraction of sp³-hybridized carbons (Fsp3) is 0.660. The van der Waals surface area contributed by atoms with Crippen LogP contribution in [0, 0.1) is 28.1 Å². The molecule has 64 heavy (non-hydrogen) atoms. The molecule has 4 fully saturated rings. The Balaban J connectivity index is 1.30. The van der Waals surface area contributed by atoms with Crippen molar-refractivity contribution in [2.75, 3.05) is 73.5 Å². The molecule has 348 valence electrons. The number of carbonyl (C=O) groups is 3. The van der Waals surface area contributed by atoms with Crippen molar-refractivity contribution in [2.24, 2.45) is 28.1 Å². The van der Waals surface area contributed by atoms with Gasteiger partial charge in [0.2, 0.25) is 5.60 Å². The van der Waals surface area contributed by atoms with Crippen LogP contribution in [0.25, 0.3) is 5.57 Å². The van der Waals surface area contributed by atoms with Gasteiger partial charge in [0.15, 0.2) is 6.10 Å². The molecule has 0 radical (unpaired) electrons. The molecule has 13 nitrogen and oxygen atoms in total. The predicted octanol–water partition coefficient (Wildman–Crippen LogP) is 4.53. The first kappa shape index (κ1) is 45.6. The Labute approximate surface area is 381 Å². The fourth-order valence-corrected chi connectivity index (χ4v) is 15.6. The summed E-state index contributed by atoms with van der Waals surface area (Å²) in [5.41, 5.74) is -0.108. The number of piperidine rings is 1. The van der Waals surface area contributed by atoms with E-state index in [9.17, 15) is 24.9 Å². The number of allylic oxidation sites excluding steroid dienone is 1. The number of aliphatic hydroxyl groups excluding tert-OH is 1. The molecule has 0 amide bonds. The highest BCUT2D eigenvalue weighted by molar-refractivity contribution is 7.99. The van der Waals surface area contributed by atoms with E-state index in [0.29, 0.717) is 71.0 Å². The summed E-state index contributed by atoms with van der Waals surface area (Å²) >= 11 is 1.72. The van der Waals surface area contributed by atoms with E-state index < -0.39 is 63.6 Å².